The van der Waals surface area contributed by atoms with Gasteiger partial charge < -0.3 is 61.3 Å². The van der Waals surface area contributed by atoms with Gasteiger partial charge >= 0.3 is 0 Å². The van der Waals surface area contributed by atoms with Crippen LogP contribution in [0.4, 0.5) is 0 Å². The predicted octanol–water partition coefficient (Wildman–Crippen LogP) is 27.4. The number of carbonyl (C=O) groups excluding carboxylic acids is 1. The Morgan fingerprint density at radius 3 is 0.525 bits per heavy atom. The van der Waals surface area contributed by atoms with Gasteiger partial charge in [0.15, 0.2) is 5.78 Å². The van der Waals surface area contributed by atoms with E-state index >= 15 is 4.79 Å². The van der Waals surface area contributed by atoms with Crippen LogP contribution in [-0.4, -0.2) is 67.1 Å². The molecule has 0 saturated carbocycles. The SMILES string of the molecule is O=C(c1cc(Cc2c(O)ccc3ccccc23)c(O)c(Cc2c(O)ccc3ccccc23)c1)c1cc(Cc2c(O)ccc3ccccc23)c(O)c(Cc2c(O)ccc3ccccc23)c1.Oc1ccc2ccccc2c1Cc1cc(C2(c3cc(Cc4c(O)ccc5ccccc45)c(O)c(Cc4c(O)ccc5ccccc45)c3)c3ccccc3-c3ccccc32)cc(Cc2c(O)ccc3ccccc23)c1O. The molecule has 0 atom stereocenters. The number of hydrogen-bond donors (Lipinski definition) is 12. The van der Waals surface area contributed by atoms with Crippen molar-refractivity contribution >= 4 is 92.0 Å². The minimum atomic E-state index is -1.12. The van der Waals surface area contributed by atoms with Crippen molar-refractivity contribution in [3.05, 3.63) is 511 Å². The molecule has 1 aliphatic rings. The van der Waals surface area contributed by atoms with Gasteiger partial charge in [0.05, 0.1) is 5.41 Å². The van der Waals surface area contributed by atoms with Gasteiger partial charge in [-0.05, 0) is 237 Å². The monoisotopic (exact) mass is 1810 g/mol. The molecule has 12 N–H and O–H groups in total. The van der Waals surface area contributed by atoms with Crippen LogP contribution in [0, 0.1) is 0 Å². The highest BCUT2D eigenvalue weighted by Gasteiger charge is 2.48. The van der Waals surface area contributed by atoms with Crippen LogP contribution in [0.15, 0.2) is 388 Å². The van der Waals surface area contributed by atoms with Gasteiger partial charge in [0.2, 0.25) is 0 Å². The summed E-state index contributed by atoms with van der Waals surface area (Å²) in [4.78, 5) is 15.2. The standard InChI is InChI=1S/C69H50O6.C57H42O7/c70-63-29-25-41-13-1-5-17-51(41)57(63)37-45-33-49(34-46(67(45)74)38-58-52-18-6-2-14-42(52)26-30-64(58)71)69(61-23-11-9-21-55(61)56-22-10-12-24-62(56)69)50-35-47(39-59-53-19-7-3-15-43(53)27-31-65(59)72)68(75)48(36-50)40-60-54-20-8-4-16-44(54)28-32-66(60)73;58-51-21-17-33-9-1-5-13-43(33)47(51)29-39-25-37(26-40(56(39)63)30-48-44-14-6-2-10-34(44)18-22-52(48)59)55(62)38-27-41(31-49-45-15-7-3-11-35(45)19-23-53(49)60)57(64)42(28-38)32-50-46-16-8-4-12-36(46)20-24-54(50)61/h1-36,70-75H,37-40H2;1-28,58-61,63-64H,29-32H2. The lowest BCUT2D eigenvalue weighted by molar-refractivity contribution is 0.103. The molecule has 0 heterocycles. The Morgan fingerprint density at radius 2 is 0.338 bits per heavy atom. The van der Waals surface area contributed by atoms with Gasteiger partial charge in [-0.3, -0.25) is 4.79 Å². The minimum absolute atomic E-state index is 0.0456. The van der Waals surface area contributed by atoms with E-state index in [2.05, 4.69) is 60.7 Å². The summed E-state index contributed by atoms with van der Waals surface area (Å²) in [5.74, 6) is 0.191. The average molecular weight is 1810 g/mol. The predicted molar refractivity (Wildman–Crippen MR) is 554 cm³/mol. The van der Waals surface area contributed by atoms with Crippen LogP contribution in [0.3, 0.4) is 0 Å². The molecule has 0 saturated heterocycles. The van der Waals surface area contributed by atoms with Crippen LogP contribution in [0.1, 0.15) is 127 Å². The second-order valence-electron chi connectivity index (χ2n) is 36.4. The van der Waals surface area contributed by atoms with Crippen LogP contribution in [0.5, 0.6) is 69.0 Å². The molecule has 0 bridgehead atoms. The summed E-state index contributed by atoms with van der Waals surface area (Å²) in [5.41, 5.74) is 13.9. The highest BCUT2D eigenvalue weighted by molar-refractivity contribution is 6.10. The average Bonchev–Trinajstić information content (AvgIpc) is 1.54. The van der Waals surface area contributed by atoms with Crippen molar-refractivity contribution in [1.29, 1.82) is 0 Å². The van der Waals surface area contributed by atoms with Crippen molar-refractivity contribution in [2.75, 3.05) is 0 Å². The molecule has 0 spiro atoms. The zero-order valence-corrected chi connectivity index (χ0v) is 75.4. The van der Waals surface area contributed by atoms with Crippen LogP contribution in [0.2, 0.25) is 0 Å². The number of rotatable bonds is 20. The zero-order chi connectivity index (χ0) is 95.0. The third-order valence-corrected chi connectivity index (χ3v) is 28.5. The van der Waals surface area contributed by atoms with E-state index in [1.54, 1.807) is 72.8 Å². The third kappa shape index (κ3) is 15.6. The molecule has 0 aromatic heterocycles. The first-order valence-corrected chi connectivity index (χ1v) is 46.5. The van der Waals surface area contributed by atoms with E-state index in [1.807, 2.05) is 255 Å². The Morgan fingerprint density at radius 1 is 0.180 bits per heavy atom. The summed E-state index contributed by atoms with van der Waals surface area (Å²) in [7, 11) is 0. The smallest absolute Gasteiger partial charge is 0.193 e. The first-order chi connectivity index (χ1) is 67.8. The number of benzene rings is 22. The van der Waals surface area contributed by atoms with Crippen molar-refractivity contribution in [2.45, 2.75) is 56.8 Å². The molecule has 22 aromatic rings. The molecule has 0 fully saturated rings. The summed E-state index contributed by atoms with van der Waals surface area (Å²) in [6, 6.07) is 122. The van der Waals surface area contributed by atoms with E-state index in [0.29, 0.717) is 89.0 Å². The van der Waals surface area contributed by atoms with Gasteiger partial charge in [-0.15, -0.1) is 0 Å². The minimum Gasteiger partial charge on any atom is -0.508 e. The van der Waals surface area contributed by atoms with Crippen molar-refractivity contribution in [3.8, 4) is 80.1 Å². The summed E-state index contributed by atoms with van der Waals surface area (Å²) < 4.78 is 0. The molecular formula is C126H92O13. The lowest BCUT2D eigenvalue weighted by atomic mass is 9.66. The molecule has 0 unspecified atom stereocenters. The van der Waals surface area contributed by atoms with Gasteiger partial charge in [0.25, 0.3) is 0 Å². The molecule has 13 heteroatoms. The first kappa shape index (κ1) is 86.6. The normalized spacial score (nSPS) is 12.1. The number of ketones is 1. The topological polar surface area (TPSA) is 260 Å². The maximum Gasteiger partial charge on any atom is 0.193 e. The van der Waals surface area contributed by atoms with E-state index in [1.165, 1.54) is 0 Å². The lowest BCUT2D eigenvalue weighted by Gasteiger charge is -2.36. The molecule has 0 radical (unpaired) electrons. The fraction of sp³-hybridized carbons (Fsp3) is 0.0714. The third-order valence-electron chi connectivity index (χ3n) is 28.5. The number of fused-ring (bicyclic) bond motifs is 11. The second-order valence-corrected chi connectivity index (χ2v) is 36.4. The molecule has 1 aliphatic carbocycles. The van der Waals surface area contributed by atoms with Gasteiger partial charge in [0.1, 0.15) is 69.0 Å². The molecule has 22 aromatic carbocycles. The Kier molecular flexibility index (Phi) is 22.1. The fourth-order valence-corrected chi connectivity index (χ4v) is 21.6. The Bertz CT molecular complexity index is 7850. The highest BCUT2D eigenvalue weighted by Crippen LogP contribution is 2.59. The highest BCUT2D eigenvalue weighted by atomic mass is 16.3. The van der Waals surface area contributed by atoms with Gasteiger partial charge in [-0.2, -0.15) is 0 Å². The molecule has 0 amide bonds. The van der Waals surface area contributed by atoms with E-state index in [0.717, 1.165) is 120 Å². The Labute approximate surface area is 800 Å². The Balaban J connectivity index is 0.000000162. The van der Waals surface area contributed by atoms with Crippen molar-refractivity contribution < 1.29 is 66.1 Å². The summed E-state index contributed by atoms with van der Waals surface area (Å²) in [5, 5.41) is 156. The van der Waals surface area contributed by atoms with E-state index in [-0.39, 0.29) is 131 Å². The summed E-state index contributed by atoms with van der Waals surface area (Å²) in [6.07, 6.45) is 1.04. The maximum absolute atomic E-state index is 15.2. The van der Waals surface area contributed by atoms with Crippen molar-refractivity contribution in [3.63, 3.8) is 0 Å². The number of carbonyl (C=O) groups is 1. The molecule has 13 nitrogen and oxygen atoms in total. The quantitative estimate of drug-likeness (QED) is 0.0317. The van der Waals surface area contributed by atoms with E-state index in [4.69, 9.17) is 0 Å². The Hall–Kier alpha value is -17.8. The van der Waals surface area contributed by atoms with Gasteiger partial charge in [0, 0.05) is 107 Å². The number of phenols is 12. The summed E-state index contributed by atoms with van der Waals surface area (Å²) >= 11 is 0. The number of phenolic OH excluding ortho intramolecular Hbond substituents is 12. The van der Waals surface area contributed by atoms with Crippen molar-refractivity contribution in [1.82, 2.24) is 0 Å². The van der Waals surface area contributed by atoms with Gasteiger partial charge in [-0.25, -0.2) is 0 Å². The molecular weight excluding hydrogens is 1720 g/mol. The van der Waals surface area contributed by atoms with Crippen LogP contribution in [-0.2, 0) is 56.8 Å². The van der Waals surface area contributed by atoms with Crippen molar-refractivity contribution in [2.24, 2.45) is 0 Å². The number of hydrogen-bond acceptors (Lipinski definition) is 13. The van der Waals surface area contributed by atoms with Crippen LogP contribution >= 0.6 is 0 Å². The van der Waals surface area contributed by atoms with Crippen LogP contribution < -0.4 is 0 Å². The summed E-state index contributed by atoms with van der Waals surface area (Å²) in [6.45, 7) is 0. The molecule has 0 aliphatic heterocycles. The van der Waals surface area contributed by atoms with E-state index in [9.17, 15) is 61.3 Å². The fourth-order valence-electron chi connectivity index (χ4n) is 21.6. The van der Waals surface area contributed by atoms with Crippen LogP contribution in [0.25, 0.3) is 97.3 Å². The molecule has 139 heavy (non-hydrogen) atoms. The van der Waals surface area contributed by atoms with Gasteiger partial charge in [-0.1, -0.05) is 315 Å². The first-order valence-electron chi connectivity index (χ1n) is 46.5. The largest absolute Gasteiger partial charge is 0.508 e. The number of aromatic hydroxyl groups is 12. The molecule has 674 valence electrons. The maximum atomic E-state index is 15.2. The van der Waals surface area contributed by atoms with E-state index < -0.39 is 11.2 Å². The lowest BCUT2D eigenvalue weighted by Crippen LogP contribution is -2.29. The second kappa shape index (κ2) is 35.5. The zero-order valence-electron chi connectivity index (χ0n) is 75.4. The molecule has 23 rings (SSSR count).